The first-order valence-corrected chi connectivity index (χ1v) is 12.9. The summed E-state index contributed by atoms with van der Waals surface area (Å²) in [5.41, 5.74) is 2.33. The molecule has 1 aromatic heterocycles. The maximum Gasteiger partial charge on any atom is 0.407 e. The van der Waals surface area contributed by atoms with Gasteiger partial charge in [-0.2, -0.15) is 5.26 Å². The summed E-state index contributed by atoms with van der Waals surface area (Å²) >= 11 is 0. The number of nitriles is 1. The fourth-order valence-electron chi connectivity index (χ4n) is 4.48. The molecule has 1 fully saturated rings. The lowest BCUT2D eigenvalue weighted by Gasteiger charge is -2.21. The third kappa shape index (κ3) is 6.56. The average molecular weight is 542 g/mol. The Bertz CT molecular complexity index is 1480. The molecule has 3 N–H and O–H groups in total. The zero-order valence-corrected chi connectivity index (χ0v) is 22.6. The van der Waals surface area contributed by atoms with Gasteiger partial charge in [0.05, 0.1) is 35.6 Å². The second-order valence-electron chi connectivity index (χ2n) is 10.2. The topological polar surface area (TPSA) is 145 Å². The number of carboxylic acid groups (broad SMARTS) is 1. The Morgan fingerprint density at radius 3 is 2.62 bits per heavy atom. The van der Waals surface area contributed by atoms with Crippen LogP contribution in [0.5, 0.6) is 5.75 Å². The molecule has 10 heteroatoms. The molecule has 0 bridgehead atoms. The molecule has 0 spiro atoms. The molecule has 0 saturated carbocycles. The van der Waals surface area contributed by atoms with Crippen LogP contribution in [0, 0.1) is 18.3 Å². The fourth-order valence-corrected chi connectivity index (χ4v) is 4.48. The first kappa shape index (κ1) is 28.1. The van der Waals surface area contributed by atoms with Gasteiger partial charge in [-0.1, -0.05) is 18.2 Å². The van der Waals surface area contributed by atoms with Gasteiger partial charge in [-0.25, -0.2) is 4.79 Å². The van der Waals surface area contributed by atoms with Gasteiger partial charge >= 0.3 is 6.09 Å². The minimum absolute atomic E-state index is 0.198. The van der Waals surface area contributed by atoms with E-state index in [-0.39, 0.29) is 18.6 Å². The lowest BCUT2D eigenvalue weighted by Crippen LogP contribution is -2.38. The molecule has 0 radical (unpaired) electrons. The standard InChI is InChI=1S/C30H31N5O5/c1-19-9-10-22(33-27(36)20-6-4-7-21(12-20)30(2,3)18-31)14-26(19)28(37)34-23-13-25(16-32-15-23)40-17-24-8-5-11-35(24)29(38)39/h4,6-7,9-10,12-16,24H,5,8,11,17H2,1-3H3,(H,33,36)(H,34,37)(H,38,39). The van der Waals surface area contributed by atoms with Crippen molar-refractivity contribution in [2.45, 2.75) is 45.1 Å². The minimum Gasteiger partial charge on any atom is -0.490 e. The summed E-state index contributed by atoms with van der Waals surface area (Å²) in [6, 6.07) is 15.6. The fraction of sp³-hybridized carbons (Fsp3) is 0.300. The van der Waals surface area contributed by atoms with Gasteiger partial charge in [0.25, 0.3) is 11.8 Å². The molecule has 0 aliphatic carbocycles. The van der Waals surface area contributed by atoms with Gasteiger partial charge in [0.1, 0.15) is 12.4 Å². The number of anilines is 2. The highest BCUT2D eigenvalue weighted by molar-refractivity contribution is 6.08. The third-order valence-electron chi connectivity index (χ3n) is 6.90. The number of carbonyl (C=O) groups is 3. The largest absolute Gasteiger partial charge is 0.490 e. The quantitative estimate of drug-likeness (QED) is 0.355. The van der Waals surface area contributed by atoms with E-state index >= 15 is 0 Å². The number of ether oxygens (including phenoxy) is 1. The molecule has 10 nitrogen and oxygen atoms in total. The van der Waals surface area contributed by atoms with Crippen LogP contribution in [0.25, 0.3) is 0 Å². The van der Waals surface area contributed by atoms with E-state index in [0.717, 1.165) is 18.4 Å². The summed E-state index contributed by atoms with van der Waals surface area (Å²) < 4.78 is 5.78. The molecule has 206 valence electrons. The molecule has 3 amide bonds. The van der Waals surface area contributed by atoms with Gasteiger partial charge in [0.2, 0.25) is 0 Å². The Balaban J connectivity index is 1.43. The van der Waals surface area contributed by atoms with Crippen molar-refractivity contribution in [1.82, 2.24) is 9.88 Å². The third-order valence-corrected chi connectivity index (χ3v) is 6.90. The summed E-state index contributed by atoms with van der Waals surface area (Å²) in [4.78, 5) is 42.9. The number of carbonyl (C=O) groups excluding carboxylic acids is 2. The van der Waals surface area contributed by atoms with Crippen molar-refractivity contribution in [3.8, 4) is 11.8 Å². The average Bonchev–Trinajstić information content (AvgIpc) is 3.42. The van der Waals surface area contributed by atoms with Crippen LogP contribution in [0.4, 0.5) is 16.2 Å². The number of rotatable bonds is 8. The van der Waals surface area contributed by atoms with Crippen LogP contribution in [0.2, 0.25) is 0 Å². The van der Waals surface area contributed by atoms with E-state index < -0.39 is 17.4 Å². The minimum atomic E-state index is -0.963. The lowest BCUT2D eigenvalue weighted by molar-refractivity contribution is 0.101. The van der Waals surface area contributed by atoms with Gasteiger partial charge in [0.15, 0.2) is 0 Å². The van der Waals surface area contributed by atoms with Gasteiger partial charge in [-0.05, 0) is 69.0 Å². The molecular weight excluding hydrogens is 510 g/mol. The number of aryl methyl sites for hydroxylation is 1. The van der Waals surface area contributed by atoms with Crippen molar-refractivity contribution in [3.63, 3.8) is 0 Å². The molecule has 2 aromatic carbocycles. The normalized spacial score (nSPS) is 14.8. The molecule has 2 heterocycles. The molecule has 1 unspecified atom stereocenters. The van der Waals surface area contributed by atoms with E-state index in [4.69, 9.17) is 4.74 Å². The summed E-state index contributed by atoms with van der Waals surface area (Å²) in [7, 11) is 0. The predicted molar refractivity (Wildman–Crippen MR) is 150 cm³/mol. The zero-order valence-electron chi connectivity index (χ0n) is 22.6. The first-order chi connectivity index (χ1) is 19.1. The van der Waals surface area contributed by atoms with Crippen molar-refractivity contribution in [2.75, 3.05) is 23.8 Å². The van der Waals surface area contributed by atoms with Crippen LogP contribution in [0.15, 0.2) is 60.9 Å². The summed E-state index contributed by atoms with van der Waals surface area (Å²) in [6.07, 6.45) is 3.55. The maximum atomic E-state index is 13.1. The van der Waals surface area contributed by atoms with E-state index in [2.05, 4.69) is 21.7 Å². The number of hydrogen-bond acceptors (Lipinski definition) is 6. The number of hydrogen-bond donors (Lipinski definition) is 3. The predicted octanol–water partition coefficient (Wildman–Crippen LogP) is 5.22. The lowest BCUT2D eigenvalue weighted by atomic mass is 9.85. The highest BCUT2D eigenvalue weighted by Crippen LogP contribution is 2.25. The van der Waals surface area contributed by atoms with Crippen LogP contribution in [0.3, 0.4) is 0 Å². The second-order valence-corrected chi connectivity index (χ2v) is 10.2. The van der Waals surface area contributed by atoms with E-state index in [1.54, 1.807) is 63.2 Å². The highest BCUT2D eigenvalue weighted by atomic mass is 16.5. The molecule has 40 heavy (non-hydrogen) atoms. The van der Waals surface area contributed by atoms with Crippen LogP contribution >= 0.6 is 0 Å². The number of benzene rings is 2. The molecule has 3 aromatic rings. The van der Waals surface area contributed by atoms with Crippen LogP contribution in [-0.2, 0) is 5.41 Å². The Morgan fingerprint density at radius 2 is 1.88 bits per heavy atom. The summed E-state index contributed by atoms with van der Waals surface area (Å²) in [6.45, 7) is 6.05. The van der Waals surface area contributed by atoms with Crippen LogP contribution in [-0.4, -0.2) is 52.1 Å². The van der Waals surface area contributed by atoms with Crippen LogP contribution in [0.1, 0.15) is 58.5 Å². The number of nitrogens with zero attached hydrogens (tertiary/aromatic N) is 3. The number of amides is 3. The van der Waals surface area contributed by atoms with Crippen molar-refractivity contribution < 1.29 is 24.2 Å². The van der Waals surface area contributed by atoms with Crippen molar-refractivity contribution in [2.24, 2.45) is 0 Å². The Hall–Kier alpha value is -4.91. The van der Waals surface area contributed by atoms with Gasteiger partial charge in [-0.3, -0.25) is 14.6 Å². The first-order valence-electron chi connectivity index (χ1n) is 12.9. The van der Waals surface area contributed by atoms with E-state index in [9.17, 15) is 24.8 Å². The maximum absolute atomic E-state index is 13.1. The van der Waals surface area contributed by atoms with E-state index in [1.807, 2.05) is 6.07 Å². The number of pyridine rings is 1. The Kier molecular flexibility index (Phi) is 8.34. The molecule has 1 aliphatic heterocycles. The Morgan fingerprint density at radius 1 is 1.10 bits per heavy atom. The van der Waals surface area contributed by atoms with Gasteiger partial charge in [-0.15, -0.1) is 0 Å². The smallest absolute Gasteiger partial charge is 0.407 e. The van der Waals surface area contributed by atoms with E-state index in [1.165, 1.54) is 17.3 Å². The summed E-state index contributed by atoms with van der Waals surface area (Å²) in [5.74, 6) is -0.337. The molecule has 1 atom stereocenters. The SMILES string of the molecule is Cc1ccc(NC(=O)c2cccc(C(C)(C)C#N)c2)cc1C(=O)Nc1cncc(OCC2CCCN2C(=O)O)c1. The zero-order chi connectivity index (χ0) is 28.9. The monoisotopic (exact) mass is 541 g/mol. The number of likely N-dealkylation sites (tertiary alicyclic amines) is 1. The molecule has 1 saturated heterocycles. The Labute approximate surface area is 232 Å². The van der Waals surface area contributed by atoms with Crippen molar-refractivity contribution >= 4 is 29.3 Å². The molecule has 4 rings (SSSR count). The summed E-state index contributed by atoms with van der Waals surface area (Å²) in [5, 5.41) is 24.4. The molecular formula is C30H31N5O5. The molecule has 1 aliphatic rings. The second kappa shape index (κ2) is 11.9. The van der Waals surface area contributed by atoms with Crippen LogP contribution < -0.4 is 15.4 Å². The van der Waals surface area contributed by atoms with Gasteiger partial charge in [0, 0.05) is 29.4 Å². The van der Waals surface area contributed by atoms with Crippen molar-refractivity contribution in [3.05, 3.63) is 83.2 Å². The van der Waals surface area contributed by atoms with E-state index in [0.29, 0.717) is 40.4 Å². The number of nitrogens with one attached hydrogen (secondary N) is 2. The highest BCUT2D eigenvalue weighted by Gasteiger charge is 2.29. The van der Waals surface area contributed by atoms with Crippen molar-refractivity contribution in [1.29, 1.82) is 5.26 Å². The van der Waals surface area contributed by atoms with Gasteiger partial charge < -0.3 is 25.4 Å². The number of aromatic nitrogens is 1.